The first-order valence-electron chi connectivity index (χ1n) is 12.3. The van der Waals surface area contributed by atoms with E-state index in [0.717, 1.165) is 33.8 Å². The largest absolute Gasteiger partial charge is 0.416 e. The molecule has 2 aliphatic heterocycles. The van der Waals surface area contributed by atoms with Gasteiger partial charge in [0, 0.05) is 29.7 Å². The molecule has 202 valence electrons. The number of carbonyl (C=O) groups excluding carboxylic acids is 1. The summed E-state index contributed by atoms with van der Waals surface area (Å²) < 4.78 is 44.8. The van der Waals surface area contributed by atoms with E-state index in [1.165, 1.54) is 24.1 Å². The number of aromatic nitrogens is 1. The van der Waals surface area contributed by atoms with E-state index in [1.807, 2.05) is 17.5 Å². The third-order valence-corrected chi connectivity index (χ3v) is 8.39. The average molecular weight is 570 g/mol. The molecule has 0 saturated carbocycles. The fourth-order valence-electron chi connectivity index (χ4n) is 4.43. The van der Waals surface area contributed by atoms with E-state index < -0.39 is 17.3 Å². The van der Waals surface area contributed by atoms with E-state index in [0.29, 0.717) is 25.9 Å². The average Bonchev–Trinajstić information content (AvgIpc) is 3.25. The fraction of sp³-hybridized carbons (Fsp3) is 0.250. The van der Waals surface area contributed by atoms with Crippen molar-refractivity contribution in [2.45, 2.75) is 36.4 Å². The lowest BCUT2D eigenvalue weighted by Gasteiger charge is -2.34. The van der Waals surface area contributed by atoms with Gasteiger partial charge in [-0.05, 0) is 90.7 Å². The molecule has 2 N–H and O–H groups in total. The molecule has 1 aromatic heterocycles. The van der Waals surface area contributed by atoms with Crippen molar-refractivity contribution < 1.29 is 18.0 Å². The molecule has 2 aliphatic rings. The number of anilines is 1. The smallest absolute Gasteiger partial charge is 0.324 e. The van der Waals surface area contributed by atoms with Crippen molar-refractivity contribution in [2.75, 3.05) is 17.8 Å². The summed E-state index contributed by atoms with van der Waals surface area (Å²) >= 11 is 3.11. The van der Waals surface area contributed by atoms with Gasteiger partial charge in [0.05, 0.1) is 17.4 Å². The number of nitrogens with one attached hydrogen (secondary N) is 2. The third kappa shape index (κ3) is 6.48. The Labute approximate surface area is 233 Å². The number of amides is 1. The molecule has 0 bridgehead atoms. The van der Waals surface area contributed by atoms with Gasteiger partial charge in [-0.15, -0.1) is 0 Å². The van der Waals surface area contributed by atoms with Crippen molar-refractivity contribution in [1.29, 1.82) is 0 Å². The maximum Gasteiger partial charge on any atom is 0.416 e. The van der Waals surface area contributed by atoms with E-state index in [4.69, 9.17) is 0 Å². The number of rotatable bonds is 7. The van der Waals surface area contributed by atoms with Crippen molar-refractivity contribution >= 4 is 47.4 Å². The molecule has 1 amide bonds. The second-order valence-electron chi connectivity index (χ2n) is 9.33. The van der Waals surface area contributed by atoms with Crippen molar-refractivity contribution in [3.05, 3.63) is 94.7 Å². The highest BCUT2D eigenvalue weighted by atomic mass is 32.2. The van der Waals surface area contributed by atoms with Gasteiger partial charge in [0.15, 0.2) is 0 Å². The molecule has 2 aromatic carbocycles. The molecule has 0 radical (unpaired) electrons. The first-order valence-corrected chi connectivity index (χ1v) is 14.0. The molecule has 6 nitrogen and oxygen atoms in total. The Bertz CT molecular complexity index is 1400. The van der Waals surface area contributed by atoms with Gasteiger partial charge < -0.3 is 10.0 Å². The maximum absolute atomic E-state index is 13.1. The molecule has 5 rings (SSSR count). The van der Waals surface area contributed by atoms with Crippen LogP contribution >= 0.6 is 23.9 Å². The number of pyridine rings is 1. The van der Waals surface area contributed by atoms with Gasteiger partial charge in [-0.3, -0.25) is 14.8 Å². The molecular formula is C28H26F3N5OS2. The summed E-state index contributed by atoms with van der Waals surface area (Å²) in [7, 11) is 0. The fourth-order valence-corrected chi connectivity index (χ4v) is 5.93. The zero-order valence-corrected chi connectivity index (χ0v) is 22.7. The number of aryl methyl sites for hydroxylation is 1. The number of aliphatic imine (C=N–C) groups is 1. The number of halogens is 3. The zero-order valence-electron chi connectivity index (χ0n) is 21.0. The number of hydrogen-bond acceptors (Lipinski definition) is 7. The molecule has 11 heteroatoms. The number of alkyl halides is 3. The van der Waals surface area contributed by atoms with E-state index in [2.05, 4.69) is 55.5 Å². The molecule has 1 saturated heterocycles. The Morgan fingerprint density at radius 3 is 2.64 bits per heavy atom. The number of piperidine rings is 1. The minimum absolute atomic E-state index is 0.208. The topological polar surface area (TPSA) is 69.6 Å². The van der Waals surface area contributed by atoms with Gasteiger partial charge in [-0.2, -0.15) is 13.2 Å². The number of nitrogens with zero attached hydrogens (tertiary/aromatic N) is 3. The van der Waals surface area contributed by atoms with Crippen LogP contribution in [0.15, 0.2) is 82.3 Å². The third-order valence-electron chi connectivity index (χ3n) is 6.64. The lowest BCUT2D eigenvalue weighted by molar-refractivity contribution is -0.137. The standard InChI is InChI=1S/C28H26F3N5OS2/c1-19-16-24(39-35-23-6-3-12-32-18-23)8-7-20(19)9-15-38-36-13-10-27(11-14-36)26(37)33-25(34-27)21-4-2-5-22(17-21)28(29,30)31/h2-9,12,15-18,35H,10-11,13-14H2,1H3,(H,33,34,37)/b15-9+. The number of hydrogen-bond donors (Lipinski definition) is 2. The molecule has 1 spiro atoms. The molecular weight excluding hydrogens is 543 g/mol. The van der Waals surface area contributed by atoms with Crippen molar-refractivity contribution in [3.63, 3.8) is 0 Å². The van der Waals surface area contributed by atoms with Crippen molar-refractivity contribution in [3.8, 4) is 0 Å². The van der Waals surface area contributed by atoms with E-state index in [1.54, 1.807) is 24.3 Å². The van der Waals surface area contributed by atoms with Crippen molar-refractivity contribution in [1.82, 2.24) is 14.6 Å². The van der Waals surface area contributed by atoms with E-state index in [-0.39, 0.29) is 17.3 Å². The summed E-state index contributed by atoms with van der Waals surface area (Å²) in [6, 6.07) is 15.0. The van der Waals surface area contributed by atoms with Crippen LogP contribution in [-0.4, -0.2) is 39.7 Å². The molecule has 39 heavy (non-hydrogen) atoms. The highest BCUT2D eigenvalue weighted by Crippen LogP contribution is 2.35. The highest BCUT2D eigenvalue weighted by Gasteiger charge is 2.46. The Morgan fingerprint density at radius 1 is 1.10 bits per heavy atom. The summed E-state index contributed by atoms with van der Waals surface area (Å²) in [6.45, 7) is 3.34. The second kappa shape index (κ2) is 11.4. The minimum Gasteiger partial charge on any atom is -0.324 e. The van der Waals surface area contributed by atoms with Gasteiger partial charge in [0.1, 0.15) is 11.4 Å². The molecule has 1 fully saturated rings. The molecule has 0 atom stereocenters. The number of carbonyl (C=O) groups is 1. The van der Waals surface area contributed by atoms with Gasteiger partial charge in [0.2, 0.25) is 0 Å². The summed E-state index contributed by atoms with van der Waals surface area (Å²) in [4.78, 5) is 22.6. The van der Waals surface area contributed by atoms with Crippen LogP contribution in [-0.2, 0) is 11.0 Å². The molecule has 3 aromatic rings. The monoisotopic (exact) mass is 569 g/mol. The minimum atomic E-state index is -4.45. The highest BCUT2D eigenvalue weighted by molar-refractivity contribution is 8.00. The Balaban J connectivity index is 1.15. The zero-order chi connectivity index (χ0) is 27.5. The van der Waals surface area contributed by atoms with E-state index in [9.17, 15) is 18.0 Å². The summed E-state index contributed by atoms with van der Waals surface area (Å²) in [5.41, 5.74) is 1.78. The predicted octanol–water partition coefficient (Wildman–Crippen LogP) is 6.56. The van der Waals surface area contributed by atoms with Crippen LogP contribution in [0.2, 0.25) is 0 Å². The summed E-state index contributed by atoms with van der Waals surface area (Å²) in [5.74, 6) is -0.0403. The Morgan fingerprint density at radius 2 is 1.92 bits per heavy atom. The van der Waals surface area contributed by atoms with Crippen LogP contribution in [0.1, 0.15) is 35.1 Å². The van der Waals surface area contributed by atoms with Gasteiger partial charge in [-0.1, -0.05) is 30.1 Å². The summed E-state index contributed by atoms with van der Waals surface area (Å²) in [6.07, 6.45) is 2.12. The molecule has 0 aliphatic carbocycles. The lowest BCUT2D eigenvalue weighted by atomic mass is 9.89. The van der Waals surface area contributed by atoms with Crippen LogP contribution in [0.5, 0.6) is 0 Å². The Hall–Kier alpha value is -3.28. The SMILES string of the molecule is Cc1cc(SNc2cccnc2)ccc1/C=C/SN1CCC2(CC1)N=C(c1cccc(C(F)(F)F)c1)NC2=O. The number of benzene rings is 2. The normalized spacial score (nSPS) is 17.4. The van der Waals surface area contributed by atoms with E-state index >= 15 is 0 Å². The van der Waals surface area contributed by atoms with Crippen LogP contribution < -0.4 is 10.0 Å². The first kappa shape index (κ1) is 27.3. The Kier molecular flexibility index (Phi) is 8.01. The van der Waals surface area contributed by atoms with Crippen LogP contribution in [0.3, 0.4) is 0 Å². The summed E-state index contributed by atoms with van der Waals surface area (Å²) in [5, 5.41) is 4.75. The lowest BCUT2D eigenvalue weighted by Crippen LogP contribution is -2.47. The van der Waals surface area contributed by atoms with Crippen LogP contribution in [0.25, 0.3) is 6.08 Å². The van der Waals surface area contributed by atoms with Crippen LogP contribution in [0.4, 0.5) is 18.9 Å². The molecule has 0 unspecified atom stereocenters. The van der Waals surface area contributed by atoms with Crippen molar-refractivity contribution in [2.24, 2.45) is 4.99 Å². The maximum atomic E-state index is 13.1. The predicted molar refractivity (Wildman–Crippen MR) is 151 cm³/mol. The van der Waals surface area contributed by atoms with Gasteiger partial charge >= 0.3 is 6.18 Å². The second-order valence-corrected chi connectivity index (χ2v) is 11.2. The molecule has 3 heterocycles. The van der Waals surface area contributed by atoms with Crippen LogP contribution in [0, 0.1) is 6.92 Å². The van der Waals surface area contributed by atoms with Gasteiger partial charge in [0.25, 0.3) is 5.91 Å². The quantitative estimate of drug-likeness (QED) is 0.314. The van der Waals surface area contributed by atoms with Gasteiger partial charge in [-0.25, -0.2) is 4.31 Å². The number of amidine groups is 1. The first-order chi connectivity index (χ1) is 18.7.